The van der Waals surface area contributed by atoms with Crippen LogP contribution in [0.2, 0.25) is 0 Å². The van der Waals surface area contributed by atoms with Crippen LogP contribution in [0.25, 0.3) is 0 Å². The molecule has 94 valence electrons. The van der Waals surface area contributed by atoms with Gasteiger partial charge in [0.15, 0.2) is 5.12 Å². The van der Waals surface area contributed by atoms with Gasteiger partial charge in [0.2, 0.25) is 0 Å². The minimum atomic E-state index is -0.885. The minimum Gasteiger partial charge on any atom is -0.390 e. The molecule has 17 heavy (non-hydrogen) atoms. The van der Waals surface area contributed by atoms with E-state index < -0.39 is 12.2 Å². The lowest BCUT2D eigenvalue weighted by Crippen LogP contribution is -2.20. The first-order valence-electron chi connectivity index (χ1n) is 5.57. The van der Waals surface area contributed by atoms with E-state index in [0.29, 0.717) is 12.2 Å². The number of carbonyl (C=O) groups excluding carboxylic acids is 1. The Morgan fingerprint density at radius 1 is 1.35 bits per heavy atom. The molecule has 0 spiro atoms. The second kappa shape index (κ2) is 6.79. The highest BCUT2D eigenvalue weighted by Crippen LogP contribution is 2.23. The van der Waals surface area contributed by atoms with E-state index >= 15 is 0 Å². The summed E-state index contributed by atoms with van der Waals surface area (Å²) >= 11 is 1.17. The number of hydrogen-bond acceptors (Lipinski definition) is 4. The van der Waals surface area contributed by atoms with Gasteiger partial charge in [0.1, 0.15) is 6.10 Å². The third-order valence-corrected chi connectivity index (χ3v) is 3.44. The van der Waals surface area contributed by atoms with Crippen molar-refractivity contribution in [2.75, 3.05) is 5.75 Å². The van der Waals surface area contributed by atoms with Crippen LogP contribution in [-0.4, -0.2) is 27.2 Å². The van der Waals surface area contributed by atoms with Gasteiger partial charge in [-0.15, -0.1) is 0 Å². The molecule has 0 amide bonds. The summed E-state index contributed by atoms with van der Waals surface area (Å²) in [6, 6.07) is 7.43. The highest BCUT2D eigenvalue weighted by atomic mass is 32.2. The Balaban J connectivity index is 2.55. The van der Waals surface area contributed by atoms with Crippen LogP contribution in [0.4, 0.5) is 0 Å². The quantitative estimate of drug-likeness (QED) is 0.844. The van der Waals surface area contributed by atoms with E-state index in [1.54, 1.807) is 6.07 Å². The Hall–Kier alpha value is -0.840. The Labute approximate surface area is 106 Å². The number of aryl methyl sites for hydroxylation is 1. The molecule has 0 aliphatic heterocycles. The number of carbonyl (C=O) groups is 1. The fraction of sp³-hybridized carbons (Fsp3) is 0.462. The normalized spacial score (nSPS) is 14.4. The van der Waals surface area contributed by atoms with Crippen molar-refractivity contribution in [2.24, 2.45) is 0 Å². The van der Waals surface area contributed by atoms with Crippen molar-refractivity contribution >= 4 is 16.9 Å². The summed E-state index contributed by atoms with van der Waals surface area (Å²) in [5.41, 5.74) is 1.70. The molecule has 0 aliphatic carbocycles. The average Bonchev–Trinajstić information content (AvgIpc) is 2.28. The van der Waals surface area contributed by atoms with Crippen LogP contribution in [0.15, 0.2) is 24.3 Å². The van der Waals surface area contributed by atoms with Gasteiger partial charge in [0, 0.05) is 12.7 Å². The summed E-state index contributed by atoms with van der Waals surface area (Å²) in [6.45, 7) is 3.39. The molecule has 1 rings (SSSR count). The van der Waals surface area contributed by atoms with Gasteiger partial charge >= 0.3 is 0 Å². The smallest absolute Gasteiger partial charge is 0.185 e. The lowest BCUT2D eigenvalue weighted by molar-refractivity contribution is -0.109. The minimum absolute atomic E-state index is 0.0302. The molecule has 0 saturated heterocycles. The van der Waals surface area contributed by atoms with Crippen LogP contribution >= 0.6 is 11.8 Å². The van der Waals surface area contributed by atoms with Gasteiger partial charge in [-0.3, -0.25) is 4.79 Å². The lowest BCUT2D eigenvalue weighted by Gasteiger charge is -2.19. The summed E-state index contributed by atoms with van der Waals surface area (Å²) in [4.78, 5) is 10.7. The van der Waals surface area contributed by atoms with E-state index in [2.05, 4.69) is 0 Å². The Morgan fingerprint density at radius 3 is 2.59 bits per heavy atom. The average molecular weight is 254 g/mol. The molecule has 0 radical (unpaired) electrons. The van der Waals surface area contributed by atoms with Crippen molar-refractivity contribution < 1.29 is 15.0 Å². The molecule has 1 aromatic carbocycles. The van der Waals surface area contributed by atoms with E-state index in [9.17, 15) is 15.0 Å². The molecular formula is C13H18O3S. The fourth-order valence-electron chi connectivity index (χ4n) is 1.61. The molecule has 4 heteroatoms. The Morgan fingerprint density at radius 2 is 2.00 bits per heavy atom. The van der Waals surface area contributed by atoms with Gasteiger partial charge in [-0.05, 0) is 24.5 Å². The maximum absolute atomic E-state index is 10.7. The van der Waals surface area contributed by atoms with E-state index in [1.807, 2.05) is 25.1 Å². The SMILES string of the molecule is CC(=O)SCCC(O)C(O)c1ccccc1C. The van der Waals surface area contributed by atoms with Crippen LogP contribution in [0.3, 0.4) is 0 Å². The number of aliphatic hydroxyl groups is 2. The molecule has 1 aromatic rings. The summed E-state index contributed by atoms with van der Waals surface area (Å²) in [5, 5.41) is 19.9. The molecule has 2 unspecified atom stereocenters. The topological polar surface area (TPSA) is 57.5 Å². The molecule has 0 heterocycles. The largest absolute Gasteiger partial charge is 0.390 e. The number of thioether (sulfide) groups is 1. The van der Waals surface area contributed by atoms with Crippen molar-refractivity contribution in [3.8, 4) is 0 Å². The predicted octanol–water partition coefficient (Wildman–Crippen LogP) is 2.06. The zero-order valence-corrected chi connectivity index (χ0v) is 10.9. The second-order valence-corrected chi connectivity index (χ2v) is 5.27. The van der Waals surface area contributed by atoms with E-state index in [4.69, 9.17) is 0 Å². The van der Waals surface area contributed by atoms with Crippen molar-refractivity contribution in [2.45, 2.75) is 32.5 Å². The van der Waals surface area contributed by atoms with Gasteiger partial charge < -0.3 is 10.2 Å². The van der Waals surface area contributed by atoms with Crippen molar-refractivity contribution in [3.63, 3.8) is 0 Å². The molecule has 2 atom stereocenters. The molecule has 0 fully saturated rings. The van der Waals surface area contributed by atoms with Crippen LogP contribution < -0.4 is 0 Å². The van der Waals surface area contributed by atoms with Gasteiger partial charge in [0.25, 0.3) is 0 Å². The van der Waals surface area contributed by atoms with E-state index in [0.717, 1.165) is 11.1 Å². The molecule has 0 aromatic heterocycles. The van der Waals surface area contributed by atoms with Gasteiger partial charge in [0.05, 0.1) is 6.10 Å². The van der Waals surface area contributed by atoms with Crippen molar-refractivity contribution in [1.82, 2.24) is 0 Å². The molecule has 0 aliphatic rings. The third-order valence-electron chi connectivity index (χ3n) is 2.59. The maximum Gasteiger partial charge on any atom is 0.185 e. The van der Waals surface area contributed by atoms with Crippen LogP contribution in [0.5, 0.6) is 0 Å². The highest BCUT2D eigenvalue weighted by molar-refractivity contribution is 8.13. The molecule has 2 N–H and O–H groups in total. The number of hydrogen-bond donors (Lipinski definition) is 2. The molecule has 3 nitrogen and oxygen atoms in total. The monoisotopic (exact) mass is 254 g/mol. The zero-order valence-electron chi connectivity index (χ0n) is 10.1. The van der Waals surface area contributed by atoms with Crippen LogP contribution in [0.1, 0.15) is 30.6 Å². The first-order valence-corrected chi connectivity index (χ1v) is 6.56. The van der Waals surface area contributed by atoms with E-state index in [-0.39, 0.29) is 5.12 Å². The predicted molar refractivity (Wildman–Crippen MR) is 69.9 cm³/mol. The molecule has 0 bridgehead atoms. The summed E-state index contributed by atoms with van der Waals surface area (Å²) in [7, 11) is 0. The molecular weight excluding hydrogens is 236 g/mol. The van der Waals surface area contributed by atoms with Gasteiger partial charge in [-0.2, -0.15) is 0 Å². The maximum atomic E-state index is 10.7. The summed E-state index contributed by atoms with van der Waals surface area (Å²) in [6.07, 6.45) is -1.31. The first-order chi connectivity index (χ1) is 8.02. The van der Waals surface area contributed by atoms with Crippen molar-refractivity contribution in [1.29, 1.82) is 0 Å². The number of aliphatic hydroxyl groups excluding tert-OH is 2. The van der Waals surface area contributed by atoms with Crippen LogP contribution in [0, 0.1) is 6.92 Å². The second-order valence-electron chi connectivity index (χ2n) is 4.00. The fourth-order valence-corrected chi connectivity index (χ4v) is 2.25. The van der Waals surface area contributed by atoms with Gasteiger partial charge in [-0.25, -0.2) is 0 Å². The van der Waals surface area contributed by atoms with E-state index in [1.165, 1.54) is 18.7 Å². The van der Waals surface area contributed by atoms with Crippen molar-refractivity contribution in [3.05, 3.63) is 35.4 Å². The summed E-state index contributed by atoms with van der Waals surface area (Å²) in [5.74, 6) is 0.527. The Kier molecular flexibility index (Phi) is 5.68. The number of rotatable bonds is 5. The molecule has 0 saturated carbocycles. The Bertz CT molecular complexity index is 379. The lowest BCUT2D eigenvalue weighted by atomic mass is 9.98. The van der Waals surface area contributed by atoms with Gasteiger partial charge in [-0.1, -0.05) is 36.0 Å². The summed E-state index contributed by atoms with van der Waals surface area (Å²) < 4.78 is 0. The highest BCUT2D eigenvalue weighted by Gasteiger charge is 2.19. The first kappa shape index (κ1) is 14.2. The third kappa shape index (κ3) is 4.50. The zero-order chi connectivity index (χ0) is 12.8. The number of benzene rings is 1. The van der Waals surface area contributed by atoms with Crippen LogP contribution in [-0.2, 0) is 4.79 Å². The standard InChI is InChI=1S/C13H18O3S/c1-9-5-3-4-6-11(9)13(16)12(15)7-8-17-10(2)14/h3-6,12-13,15-16H,7-8H2,1-2H3.